The zero-order valence-electron chi connectivity index (χ0n) is 23.6. The minimum absolute atomic E-state index is 0.235. The predicted molar refractivity (Wildman–Crippen MR) is 163 cm³/mol. The van der Waals surface area contributed by atoms with Gasteiger partial charge in [-0.1, -0.05) is 78.4 Å². The van der Waals surface area contributed by atoms with Crippen LogP contribution in [0.5, 0.6) is 5.75 Å². The number of benzene rings is 4. The van der Waals surface area contributed by atoms with E-state index in [1.165, 1.54) is 0 Å². The summed E-state index contributed by atoms with van der Waals surface area (Å²) in [5.41, 5.74) is 4.88. The lowest BCUT2D eigenvalue weighted by Gasteiger charge is -2.39. The van der Waals surface area contributed by atoms with Gasteiger partial charge >= 0.3 is 0 Å². The maximum absolute atomic E-state index is 14.8. The zero-order valence-corrected chi connectivity index (χ0v) is 23.6. The molecular formula is C36H30N2O4. The van der Waals surface area contributed by atoms with Crippen LogP contribution in [-0.4, -0.2) is 36.7 Å². The molecule has 4 aromatic rings. The first-order chi connectivity index (χ1) is 20.4. The molecule has 3 aliphatic rings. The van der Waals surface area contributed by atoms with E-state index in [1.54, 1.807) is 43.5 Å². The number of nitrogens with one attached hydrogen (secondary N) is 1. The molecule has 0 aliphatic carbocycles. The van der Waals surface area contributed by atoms with Crippen LogP contribution in [0, 0.1) is 12.8 Å². The van der Waals surface area contributed by atoms with Gasteiger partial charge in [0, 0.05) is 28.1 Å². The van der Waals surface area contributed by atoms with E-state index in [0.717, 1.165) is 28.0 Å². The van der Waals surface area contributed by atoms with Crippen LogP contribution in [0.3, 0.4) is 0 Å². The predicted octanol–water partition coefficient (Wildman–Crippen LogP) is 6.25. The second-order valence-corrected chi connectivity index (χ2v) is 11.3. The van der Waals surface area contributed by atoms with Gasteiger partial charge in [-0.3, -0.25) is 14.4 Å². The number of nitrogens with zero attached hydrogens (tertiary/aromatic N) is 1. The van der Waals surface area contributed by atoms with Crippen LogP contribution in [0.1, 0.15) is 44.3 Å². The van der Waals surface area contributed by atoms with Crippen LogP contribution in [-0.2, 0) is 10.2 Å². The first-order valence-corrected chi connectivity index (χ1v) is 14.1. The highest BCUT2D eigenvalue weighted by Gasteiger charge is 2.70. The normalized spacial score (nSPS) is 23.5. The summed E-state index contributed by atoms with van der Waals surface area (Å²) in [6, 6.07) is 28.2. The van der Waals surface area contributed by atoms with Crippen molar-refractivity contribution < 1.29 is 19.1 Å². The molecule has 1 saturated heterocycles. The number of hydrogen-bond donors (Lipinski definition) is 1. The van der Waals surface area contributed by atoms with Crippen molar-refractivity contribution in [1.82, 2.24) is 0 Å². The Morgan fingerprint density at radius 2 is 1.57 bits per heavy atom. The highest BCUT2D eigenvalue weighted by atomic mass is 16.5. The first-order valence-electron chi connectivity index (χ1n) is 14.1. The molecule has 4 aromatic carbocycles. The fraction of sp³-hybridized carbons (Fsp3) is 0.194. The number of hydrogen-bond acceptors (Lipinski definition) is 5. The maximum atomic E-state index is 14.8. The summed E-state index contributed by atoms with van der Waals surface area (Å²) in [5.74, 6) is -1.21. The van der Waals surface area contributed by atoms with E-state index in [2.05, 4.69) is 17.5 Å². The minimum atomic E-state index is -1.34. The largest absolute Gasteiger partial charge is 0.497 e. The van der Waals surface area contributed by atoms with E-state index >= 15 is 0 Å². The maximum Gasteiger partial charge on any atom is 0.238 e. The minimum Gasteiger partial charge on any atom is -0.497 e. The number of allylic oxidation sites excluding steroid dienone is 1. The molecule has 0 radical (unpaired) electrons. The number of ether oxygens (including phenoxy) is 1. The molecule has 7 rings (SSSR count). The molecule has 6 heteroatoms. The molecule has 4 unspecified atom stereocenters. The van der Waals surface area contributed by atoms with Crippen molar-refractivity contribution in [1.29, 1.82) is 0 Å². The number of rotatable bonds is 5. The Labute approximate surface area is 244 Å². The fourth-order valence-electron chi connectivity index (χ4n) is 7.28. The Morgan fingerprint density at radius 3 is 2.36 bits per heavy atom. The number of para-hydroxylation sites is 1. The van der Waals surface area contributed by atoms with Gasteiger partial charge in [-0.2, -0.15) is 0 Å². The average molecular weight is 555 g/mol. The number of ketones is 2. The number of carbonyl (C=O) groups is 3. The van der Waals surface area contributed by atoms with Crippen LogP contribution in [0.15, 0.2) is 103 Å². The smallest absolute Gasteiger partial charge is 0.238 e. The SMILES string of the molecule is COc1cccc(C(=O)C2C(C(=O)c3ccccc3)C3(C(=O)Nc4ccccc43)C3C=C(C)c4cc(C)ccc4N23)c1. The molecule has 42 heavy (non-hydrogen) atoms. The summed E-state index contributed by atoms with van der Waals surface area (Å²) < 4.78 is 5.45. The topological polar surface area (TPSA) is 75.7 Å². The summed E-state index contributed by atoms with van der Waals surface area (Å²) in [6.45, 7) is 4.07. The lowest BCUT2D eigenvalue weighted by Crippen LogP contribution is -2.51. The van der Waals surface area contributed by atoms with Crippen molar-refractivity contribution >= 4 is 34.4 Å². The fourth-order valence-corrected chi connectivity index (χ4v) is 7.28. The molecule has 0 saturated carbocycles. The molecule has 1 fully saturated rings. The molecular weight excluding hydrogens is 524 g/mol. The van der Waals surface area contributed by atoms with Crippen molar-refractivity contribution in [2.75, 3.05) is 17.3 Å². The van der Waals surface area contributed by atoms with E-state index < -0.39 is 23.4 Å². The van der Waals surface area contributed by atoms with Gasteiger partial charge in [0.05, 0.1) is 19.1 Å². The van der Waals surface area contributed by atoms with Gasteiger partial charge in [0.25, 0.3) is 0 Å². The second kappa shape index (κ2) is 9.55. The number of anilines is 2. The molecule has 3 aliphatic heterocycles. The monoisotopic (exact) mass is 554 g/mol. The third kappa shape index (κ3) is 3.54. The molecule has 208 valence electrons. The van der Waals surface area contributed by atoms with Gasteiger partial charge in [0.2, 0.25) is 5.91 Å². The Bertz CT molecular complexity index is 1810. The standard InChI is InChI=1S/C36H30N2O4/c1-21-16-17-29-26(18-21)22(2)19-30-36(27-14-7-8-15-28(27)37-35(36)41)31(33(39)23-10-5-4-6-11-23)32(38(29)30)34(40)24-12-9-13-25(20-24)42-3/h4-20,30-32H,1-3H3,(H,37,41). The average Bonchev–Trinajstić information content (AvgIpc) is 3.49. The third-order valence-corrected chi connectivity index (χ3v) is 9.10. The van der Waals surface area contributed by atoms with Crippen LogP contribution >= 0.6 is 0 Å². The van der Waals surface area contributed by atoms with Gasteiger partial charge in [-0.25, -0.2) is 0 Å². The van der Waals surface area contributed by atoms with E-state index in [-0.39, 0.29) is 17.5 Å². The van der Waals surface area contributed by atoms with Gasteiger partial charge in [0.15, 0.2) is 11.6 Å². The summed E-state index contributed by atoms with van der Waals surface area (Å²) in [4.78, 5) is 46.2. The molecule has 6 nitrogen and oxygen atoms in total. The Kier molecular flexibility index (Phi) is 5.91. The molecule has 0 aromatic heterocycles. The van der Waals surface area contributed by atoms with Crippen molar-refractivity contribution in [2.45, 2.75) is 31.3 Å². The van der Waals surface area contributed by atoms with Gasteiger partial charge < -0.3 is 15.0 Å². The van der Waals surface area contributed by atoms with Gasteiger partial charge in [-0.15, -0.1) is 0 Å². The van der Waals surface area contributed by atoms with Crippen LogP contribution in [0.25, 0.3) is 5.57 Å². The number of methoxy groups -OCH3 is 1. The lowest BCUT2D eigenvalue weighted by molar-refractivity contribution is -0.121. The number of Topliss-reactive ketones (excluding diaryl/α,β-unsaturated/α-hetero) is 2. The Balaban J connectivity index is 1.56. The molecule has 4 atom stereocenters. The van der Waals surface area contributed by atoms with Crippen molar-refractivity contribution in [3.8, 4) is 5.75 Å². The van der Waals surface area contributed by atoms with Crippen LogP contribution < -0.4 is 15.0 Å². The summed E-state index contributed by atoms with van der Waals surface area (Å²) in [7, 11) is 1.56. The highest BCUT2D eigenvalue weighted by molar-refractivity contribution is 6.18. The first kappa shape index (κ1) is 26.0. The second-order valence-electron chi connectivity index (χ2n) is 11.3. The quantitative estimate of drug-likeness (QED) is 0.295. The Morgan fingerprint density at radius 1 is 0.833 bits per heavy atom. The lowest BCUT2D eigenvalue weighted by atomic mass is 9.64. The number of amides is 1. The van der Waals surface area contributed by atoms with Gasteiger partial charge in [-0.05, 0) is 55.3 Å². The highest BCUT2D eigenvalue weighted by Crippen LogP contribution is 2.59. The summed E-state index contributed by atoms with van der Waals surface area (Å²) in [6.07, 6.45) is 2.08. The zero-order chi connectivity index (χ0) is 29.2. The van der Waals surface area contributed by atoms with Crippen LogP contribution in [0.4, 0.5) is 11.4 Å². The van der Waals surface area contributed by atoms with Gasteiger partial charge in [0.1, 0.15) is 17.2 Å². The van der Waals surface area contributed by atoms with E-state index in [0.29, 0.717) is 22.6 Å². The third-order valence-electron chi connectivity index (χ3n) is 9.10. The molecule has 0 bridgehead atoms. The van der Waals surface area contributed by atoms with Crippen molar-refractivity contribution in [3.05, 3.63) is 131 Å². The molecule has 1 amide bonds. The molecule has 3 heterocycles. The summed E-state index contributed by atoms with van der Waals surface area (Å²) in [5, 5.41) is 3.09. The van der Waals surface area contributed by atoms with E-state index in [1.807, 2.05) is 73.3 Å². The number of carbonyl (C=O) groups excluding carboxylic acids is 3. The summed E-state index contributed by atoms with van der Waals surface area (Å²) >= 11 is 0. The van der Waals surface area contributed by atoms with Crippen molar-refractivity contribution in [3.63, 3.8) is 0 Å². The Hall–Kier alpha value is -4.97. The number of aryl methyl sites for hydroxylation is 1. The van der Waals surface area contributed by atoms with Crippen molar-refractivity contribution in [2.24, 2.45) is 5.92 Å². The van der Waals surface area contributed by atoms with E-state index in [4.69, 9.17) is 4.74 Å². The van der Waals surface area contributed by atoms with E-state index in [9.17, 15) is 14.4 Å². The van der Waals surface area contributed by atoms with Crippen LogP contribution in [0.2, 0.25) is 0 Å². The number of fused-ring (bicyclic) bond motifs is 6. The molecule has 1 N–H and O–H groups in total. The molecule has 1 spiro atoms.